The molecule has 2 saturated carbocycles. The Morgan fingerprint density at radius 3 is 2.45 bits per heavy atom. The number of amides is 2. The molecule has 2 heterocycles. The Morgan fingerprint density at radius 2 is 1.68 bits per heavy atom. The van der Waals surface area contributed by atoms with Crippen LogP contribution in [-0.4, -0.2) is 58.0 Å². The van der Waals surface area contributed by atoms with Gasteiger partial charge >= 0.3 is 0 Å². The largest absolute Gasteiger partial charge is 0.351 e. The van der Waals surface area contributed by atoms with Crippen LogP contribution in [0.2, 0.25) is 0 Å². The first-order valence-electron chi connectivity index (χ1n) is 14.2. The van der Waals surface area contributed by atoms with Gasteiger partial charge < -0.3 is 20.1 Å². The monoisotopic (exact) mass is 511 g/mol. The number of imidazole rings is 1. The highest BCUT2D eigenvalue weighted by molar-refractivity contribution is 5.98. The summed E-state index contributed by atoms with van der Waals surface area (Å²) < 4.78 is 2.19. The van der Waals surface area contributed by atoms with Crippen LogP contribution in [0, 0.1) is 5.92 Å². The number of carbonyl (C=O) groups is 2. The van der Waals surface area contributed by atoms with Crippen molar-refractivity contribution >= 4 is 11.8 Å². The predicted molar refractivity (Wildman–Crippen MR) is 148 cm³/mol. The fourth-order valence-corrected chi connectivity index (χ4v) is 6.14. The molecule has 198 valence electrons. The van der Waals surface area contributed by atoms with E-state index in [4.69, 9.17) is 4.98 Å². The molecule has 0 radical (unpaired) electrons. The lowest BCUT2D eigenvalue weighted by atomic mass is 9.89. The summed E-state index contributed by atoms with van der Waals surface area (Å²) in [7, 11) is 0. The minimum atomic E-state index is -0.0144. The van der Waals surface area contributed by atoms with Gasteiger partial charge in [-0.05, 0) is 37.7 Å². The third-order valence-electron chi connectivity index (χ3n) is 8.33. The summed E-state index contributed by atoms with van der Waals surface area (Å²) in [6.45, 7) is 2.19. The normalized spacial score (nSPS) is 23.7. The molecule has 2 N–H and O–H groups in total. The predicted octanol–water partition coefficient (Wildman–Crippen LogP) is 4.22. The Bertz CT molecular complexity index is 1250. The van der Waals surface area contributed by atoms with E-state index in [2.05, 4.69) is 51.6 Å². The van der Waals surface area contributed by atoms with Crippen LogP contribution in [0.5, 0.6) is 0 Å². The zero-order valence-corrected chi connectivity index (χ0v) is 21.9. The van der Waals surface area contributed by atoms with E-state index in [0.717, 1.165) is 69.3 Å². The van der Waals surface area contributed by atoms with E-state index in [0.29, 0.717) is 12.2 Å². The zero-order chi connectivity index (χ0) is 25.9. The van der Waals surface area contributed by atoms with Crippen LogP contribution in [-0.2, 0) is 11.2 Å². The molecule has 2 aromatic carbocycles. The molecule has 3 fully saturated rings. The molecule has 6 rings (SSSR count). The molecule has 38 heavy (non-hydrogen) atoms. The quantitative estimate of drug-likeness (QED) is 0.498. The topological polar surface area (TPSA) is 79.3 Å². The van der Waals surface area contributed by atoms with Crippen LogP contribution >= 0.6 is 0 Å². The van der Waals surface area contributed by atoms with Crippen LogP contribution in [0.3, 0.4) is 0 Å². The van der Waals surface area contributed by atoms with Gasteiger partial charge in [0.25, 0.3) is 5.91 Å². The maximum atomic E-state index is 14.2. The summed E-state index contributed by atoms with van der Waals surface area (Å²) in [5.41, 5.74) is 3.59. The number of nitrogens with zero attached hydrogens (tertiary/aromatic N) is 3. The third-order valence-corrected chi connectivity index (χ3v) is 8.33. The number of aromatic nitrogens is 2. The van der Waals surface area contributed by atoms with Crippen molar-refractivity contribution in [2.24, 2.45) is 5.92 Å². The Labute approximate surface area is 224 Å². The van der Waals surface area contributed by atoms with E-state index in [1.54, 1.807) is 0 Å². The van der Waals surface area contributed by atoms with Gasteiger partial charge in [-0.15, -0.1) is 0 Å². The standard InChI is InChI=1S/C31H37N5O2/c37-30(24-15-16-24)34-26-13-7-8-14-27(26)36-21-33-28(29(36)23-11-5-2-6-12-23)31(38)35-18-17-32-20-25(35)19-22-9-3-1-4-10-22/h1-6,9-12,21,24-27,32H,7-8,13-20H2,(H,34,37)/t25-,26-,27+/m1/s1. The maximum absolute atomic E-state index is 14.2. The van der Waals surface area contributed by atoms with Gasteiger partial charge in [0.05, 0.1) is 18.1 Å². The van der Waals surface area contributed by atoms with E-state index >= 15 is 0 Å². The van der Waals surface area contributed by atoms with Crippen molar-refractivity contribution in [3.05, 3.63) is 78.2 Å². The molecule has 3 atom stereocenters. The molecule has 3 aliphatic rings. The van der Waals surface area contributed by atoms with Gasteiger partial charge in [-0.1, -0.05) is 73.5 Å². The third kappa shape index (κ3) is 5.25. The summed E-state index contributed by atoms with van der Waals surface area (Å²) in [5, 5.41) is 6.83. The highest BCUT2D eigenvalue weighted by Crippen LogP contribution is 2.36. The molecule has 3 aromatic rings. The van der Waals surface area contributed by atoms with E-state index < -0.39 is 0 Å². The SMILES string of the molecule is O=C(N[C@@H]1CCCC[C@@H]1n1cnc(C(=O)N2CCNC[C@H]2Cc2ccccc2)c1-c1ccccc1)C1CC1. The fourth-order valence-electron chi connectivity index (χ4n) is 6.14. The smallest absolute Gasteiger partial charge is 0.275 e. The molecule has 7 nitrogen and oxygen atoms in total. The fraction of sp³-hybridized carbons (Fsp3) is 0.452. The number of benzene rings is 2. The number of rotatable bonds is 7. The van der Waals surface area contributed by atoms with Crippen LogP contribution in [0.4, 0.5) is 0 Å². The molecule has 1 saturated heterocycles. The molecule has 7 heteroatoms. The Morgan fingerprint density at radius 1 is 0.947 bits per heavy atom. The molecule has 0 bridgehead atoms. The molecular formula is C31H37N5O2. The highest BCUT2D eigenvalue weighted by atomic mass is 16.2. The molecule has 2 amide bonds. The van der Waals surface area contributed by atoms with E-state index in [-0.39, 0.29) is 35.9 Å². The van der Waals surface area contributed by atoms with Crippen LogP contribution < -0.4 is 10.6 Å². The summed E-state index contributed by atoms with van der Waals surface area (Å²) >= 11 is 0. The molecule has 1 aromatic heterocycles. The lowest BCUT2D eigenvalue weighted by molar-refractivity contribution is -0.123. The van der Waals surface area contributed by atoms with E-state index in [1.807, 2.05) is 35.5 Å². The summed E-state index contributed by atoms with van der Waals surface area (Å²) in [5.74, 6) is 0.351. The van der Waals surface area contributed by atoms with Crippen molar-refractivity contribution < 1.29 is 9.59 Å². The molecule has 0 unspecified atom stereocenters. The Balaban J connectivity index is 1.33. The van der Waals surface area contributed by atoms with Crippen LogP contribution in [0.25, 0.3) is 11.3 Å². The van der Waals surface area contributed by atoms with Crippen LogP contribution in [0.1, 0.15) is 60.6 Å². The van der Waals surface area contributed by atoms with Gasteiger partial charge in [0.15, 0.2) is 5.69 Å². The molecular weight excluding hydrogens is 474 g/mol. The van der Waals surface area contributed by atoms with Crippen molar-refractivity contribution in [3.63, 3.8) is 0 Å². The second-order valence-electron chi connectivity index (χ2n) is 11.0. The van der Waals surface area contributed by atoms with Crippen molar-refractivity contribution in [1.29, 1.82) is 0 Å². The minimum Gasteiger partial charge on any atom is -0.351 e. The first kappa shape index (κ1) is 24.9. The van der Waals surface area contributed by atoms with Gasteiger partial charge in [0.2, 0.25) is 5.91 Å². The van der Waals surface area contributed by atoms with E-state index in [9.17, 15) is 9.59 Å². The molecule has 0 spiro atoms. The van der Waals surface area contributed by atoms with Crippen LogP contribution in [0.15, 0.2) is 67.0 Å². The molecule has 1 aliphatic heterocycles. The van der Waals surface area contributed by atoms with Gasteiger partial charge in [-0.25, -0.2) is 4.98 Å². The number of piperazine rings is 1. The minimum absolute atomic E-state index is 0.0144. The highest BCUT2D eigenvalue weighted by Gasteiger charge is 2.37. The van der Waals surface area contributed by atoms with Gasteiger partial charge in [-0.2, -0.15) is 0 Å². The Hall–Kier alpha value is -3.45. The van der Waals surface area contributed by atoms with Gasteiger partial charge in [0, 0.05) is 43.2 Å². The van der Waals surface area contributed by atoms with E-state index in [1.165, 1.54) is 5.56 Å². The van der Waals surface area contributed by atoms with Crippen molar-refractivity contribution in [2.75, 3.05) is 19.6 Å². The maximum Gasteiger partial charge on any atom is 0.275 e. The lowest BCUT2D eigenvalue weighted by Gasteiger charge is -2.36. The van der Waals surface area contributed by atoms with Crippen molar-refractivity contribution in [3.8, 4) is 11.3 Å². The first-order chi connectivity index (χ1) is 18.7. The Kier molecular flexibility index (Phi) is 7.27. The zero-order valence-electron chi connectivity index (χ0n) is 21.9. The number of nitrogens with one attached hydrogen (secondary N) is 2. The summed E-state index contributed by atoms with van der Waals surface area (Å²) in [6.07, 6.45) is 8.77. The summed E-state index contributed by atoms with van der Waals surface area (Å²) in [6, 6.07) is 20.7. The second kappa shape index (κ2) is 11.1. The molecule has 2 aliphatic carbocycles. The van der Waals surface area contributed by atoms with Crippen molar-refractivity contribution in [2.45, 2.75) is 63.1 Å². The second-order valence-corrected chi connectivity index (χ2v) is 11.0. The van der Waals surface area contributed by atoms with Gasteiger partial charge in [0.1, 0.15) is 0 Å². The average Bonchev–Trinajstić information content (AvgIpc) is 3.73. The van der Waals surface area contributed by atoms with Crippen molar-refractivity contribution in [1.82, 2.24) is 25.1 Å². The first-order valence-corrected chi connectivity index (χ1v) is 14.2. The van der Waals surface area contributed by atoms with Gasteiger partial charge in [-0.3, -0.25) is 9.59 Å². The number of hydrogen-bond donors (Lipinski definition) is 2. The average molecular weight is 512 g/mol. The number of carbonyl (C=O) groups excluding carboxylic acids is 2. The number of hydrogen-bond acceptors (Lipinski definition) is 4. The lowest BCUT2D eigenvalue weighted by Crippen LogP contribution is -2.54. The summed E-state index contributed by atoms with van der Waals surface area (Å²) in [4.78, 5) is 33.7.